The summed E-state index contributed by atoms with van der Waals surface area (Å²) in [6.45, 7) is 2.19. The first-order valence-electron chi connectivity index (χ1n) is 6.19. The van der Waals surface area contributed by atoms with Gasteiger partial charge in [-0.1, -0.05) is 12.1 Å². The second-order valence-electron chi connectivity index (χ2n) is 4.71. The highest BCUT2D eigenvalue weighted by atomic mass is 19.1. The first-order chi connectivity index (χ1) is 8.61. The van der Waals surface area contributed by atoms with Crippen molar-refractivity contribution in [1.29, 1.82) is 0 Å². The van der Waals surface area contributed by atoms with E-state index in [0.29, 0.717) is 12.6 Å². The number of methoxy groups -OCH3 is 1. The number of benzene rings is 1. The lowest BCUT2D eigenvalue weighted by Crippen LogP contribution is -2.39. The molecule has 4 heteroatoms. The Hall–Kier alpha value is -1.42. The third-order valence-electron chi connectivity index (χ3n) is 3.21. The molecule has 0 heterocycles. The van der Waals surface area contributed by atoms with Crippen molar-refractivity contribution in [2.45, 2.75) is 38.5 Å². The molecule has 2 rings (SSSR count). The summed E-state index contributed by atoms with van der Waals surface area (Å²) in [4.78, 5) is 13.9. The number of nitrogens with zero attached hydrogens (tertiary/aromatic N) is 1. The molecule has 1 amide bonds. The summed E-state index contributed by atoms with van der Waals surface area (Å²) in [6.07, 6.45) is 1.61. The van der Waals surface area contributed by atoms with Crippen LogP contribution in [-0.2, 0) is 16.1 Å². The minimum Gasteiger partial charge on any atom is -0.372 e. The molecule has 98 valence electrons. The van der Waals surface area contributed by atoms with E-state index in [2.05, 4.69) is 0 Å². The van der Waals surface area contributed by atoms with Crippen molar-refractivity contribution >= 4 is 5.91 Å². The van der Waals surface area contributed by atoms with Gasteiger partial charge in [0.1, 0.15) is 11.9 Å². The van der Waals surface area contributed by atoms with Gasteiger partial charge in [-0.15, -0.1) is 0 Å². The Morgan fingerprint density at radius 1 is 1.56 bits per heavy atom. The predicted molar refractivity (Wildman–Crippen MR) is 66.4 cm³/mol. The van der Waals surface area contributed by atoms with Gasteiger partial charge in [0.15, 0.2) is 0 Å². The van der Waals surface area contributed by atoms with Crippen LogP contribution in [0.2, 0.25) is 0 Å². The van der Waals surface area contributed by atoms with Gasteiger partial charge in [0.2, 0.25) is 0 Å². The van der Waals surface area contributed by atoms with E-state index in [4.69, 9.17) is 4.74 Å². The Kier molecular flexibility index (Phi) is 3.97. The number of hydrogen-bond acceptors (Lipinski definition) is 2. The smallest absolute Gasteiger partial charge is 0.251 e. The number of rotatable bonds is 5. The minimum atomic E-state index is -0.445. The molecule has 18 heavy (non-hydrogen) atoms. The highest BCUT2D eigenvalue weighted by molar-refractivity contribution is 5.81. The minimum absolute atomic E-state index is 0.0238. The van der Waals surface area contributed by atoms with Crippen molar-refractivity contribution in [3.63, 3.8) is 0 Å². The van der Waals surface area contributed by atoms with Crippen molar-refractivity contribution in [3.05, 3.63) is 35.6 Å². The Balaban J connectivity index is 2.09. The SMILES string of the molecule is COC(C)C(=O)N(Cc1cccc(F)c1)C1CC1. The fraction of sp³-hybridized carbons (Fsp3) is 0.500. The standard InChI is InChI=1S/C14H18FNO2/c1-10(18-2)14(17)16(13-6-7-13)9-11-4-3-5-12(15)8-11/h3-5,8,10,13H,6-7,9H2,1-2H3. The molecule has 0 aromatic heterocycles. The maximum atomic E-state index is 13.1. The Morgan fingerprint density at radius 2 is 2.28 bits per heavy atom. The molecule has 0 N–H and O–H groups in total. The average molecular weight is 251 g/mol. The van der Waals surface area contributed by atoms with Gasteiger partial charge >= 0.3 is 0 Å². The molecule has 0 spiro atoms. The summed E-state index contributed by atoms with van der Waals surface area (Å²) in [5, 5.41) is 0. The van der Waals surface area contributed by atoms with E-state index >= 15 is 0 Å². The second kappa shape index (κ2) is 5.48. The van der Waals surface area contributed by atoms with E-state index in [1.807, 2.05) is 6.07 Å². The number of amides is 1. The number of carbonyl (C=O) groups is 1. The molecule has 1 aromatic carbocycles. The summed E-state index contributed by atoms with van der Waals surface area (Å²) < 4.78 is 18.2. The van der Waals surface area contributed by atoms with Crippen molar-refractivity contribution in [2.24, 2.45) is 0 Å². The number of hydrogen-bond donors (Lipinski definition) is 0. The summed E-state index contributed by atoms with van der Waals surface area (Å²) >= 11 is 0. The molecule has 3 nitrogen and oxygen atoms in total. The Morgan fingerprint density at radius 3 is 2.83 bits per heavy atom. The molecule has 1 unspecified atom stereocenters. The van der Waals surface area contributed by atoms with Crippen LogP contribution < -0.4 is 0 Å². The maximum absolute atomic E-state index is 13.1. The van der Waals surface area contributed by atoms with Crippen LogP contribution in [0.4, 0.5) is 4.39 Å². The first-order valence-corrected chi connectivity index (χ1v) is 6.19. The molecule has 1 aliphatic carbocycles. The molecule has 0 saturated heterocycles. The maximum Gasteiger partial charge on any atom is 0.251 e. The molecule has 0 radical (unpaired) electrons. The van der Waals surface area contributed by atoms with Gasteiger partial charge in [-0.2, -0.15) is 0 Å². The van der Waals surface area contributed by atoms with Gasteiger partial charge in [-0.3, -0.25) is 4.79 Å². The van der Waals surface area contributed by atoms with E-state index in [1.54, 1.807) is 17.9 Å². The quantitative estimate of drug-likeness (QED) is 0.804. The largest absolute Gasteiger partial charge is 0.372 e. The van der Waals surface area contributed by atoms with Crippen LogP contribution in [0.3, 0.4) is 0 Å². The summed E-state index contributed by atoms with van der Waals surface area (Å²) in [6, 6.07) is 6.67. The molecule has 1 saturated carbocycles. The van der Waals surface area contributed by atoms with Gasteiger partial charge in [0, 0.05) is 19.7 Å². The lowest BCUT2D eigenvalue weighted by molar-refractivity contribution is -0.142. The number of halogens is 1. The van der Waals surface area contributed by atoms with Crippen LogP contribution in [-0.4, -0.2) is 30.1 Å². The molecular formula is C14H18FNO2. The lowest BCUT2D eigenvalue weighted by Gasteiger charge is -2.25. The van der Waals surface area contributed by atoms with Gasteiger partial charge in [-0.25, -0.2) is 4.39 Å². The van der Waals surface area contributed by atoms with Crippen molar-refractivity contribution in [1.82, 2.24) is 4.90 Å². The fourth-order valence-corrected chi connectivity index (χ4v) is 1.94. The number of carbonyl (C=O) groups excluding carboxylic acids is 1. The summed E-state index contributed by atoms with van der Waals surface area (Å²) in [7, 11) is 1.52. The third kappa shape index (κ3) is 3.07. The highest BCUT2D eigenvalue weighted by Gasteiger charge is 2.34. The van der Waals surface area contributed by atoms with Gasteiger partial charge in [-0.05, 0) is 37.5 Å². The third-order valence-corrected chi connectivity index (χ3v) is 3.21. The lowest BCUT2D eigenvalue weighted by atomic mass is 10.2. The van der Waals surface area contributed by atoms with Gasteiger partial charge in [0.05, 0.1) is 0 Å². The zero-order valence-electron chi connectivity index (χ0n) is 10.7. The van der Waals surface area contributed by atoms with Crippen molar-refractivity contribution < 1.29 is 13.9 Å². The molecule has 1 fully saturated rings. The number of ether oxygens (including phenoxy) is 1. The Labute approximate surface area is 107 Å². The topological polar surface area (TPSA) is 29.5 Å². The zero-order chi connectivity index (χ0) is 13.1. The van der Waals surface area contributed by atoms with Crippen molar-refractivity contribution in [3.8, 4) is 0 Å². The molecule has 1 aliphatic rings. The monoisotopic (exact) mass is 251 g/mol. The van der Waals surface area contributed by atoms with E-state index in [1.165, 1.54) is 19.2 Å². The zero-order valence-corrected chi connectivity index (χ0v) is 10.7. The first kappa shape index (κ1) is 13.0. The van der Waals surface area contributed by atoms with E-state index in [0.717, 1.165) is 18.4 Å². The normalized spacial score (nSPS) is 16.4. The van der Waals surface area contributed by atoms with E-state index < -0.39 is 6.10 Å². The van der Waals surface area contributed by atoms with E-state index in [-0.39, 0.29) is 11.7 Å². The van der Waals surface area contributed by atoms with Crippen LogP contribution >= 0.6 is 0 Å². The van der Waals surface area contributed by atoms with Crippen molar-refractivity contribution in [2.75, 3.05) is 7.11 Å². The molecular weight excluding hydrogens is 233 g/mol. The van der Waals surface area contributed by atoms with Crippen LogP contribution in [0.1, 0.15) is 25.3 Å². The van der Waals surface area contributed by atoms with Crippen LogP contribution in [0.15, 0.2) is 24.3 Å². The summed E-state index contributed by atoms with van der Waals surface area (Å²) in [5.41, 5.74) is 0.818. The van der Waals surface area contributed by atoms with Crippen LogP contribution in [0, 0.1) is 5.82 Å². The van der Waals surface area contributed by atoms with Gasteiger partial charge < -0.3 is 9.64 Å². The summed E-state index contributed by atoms with van der Waals surface area (Å²) in [5.74, 6) is -0.292. The molecule has 1 aromatic rings. The van der Waals surface area contributed by atoms with Gasteiger partial charge in [0.25, 0.3) is 5.91 Å². The Bertz CT molecular complexity index is 432. The molecule has 1 atom stereocenters. The van der Waals surface area contributed by atoms with Crippen LogP contribution in [0.25, 0.3) is 0 Å². The second-order valence-corrected chi connectivity index (χ2v) is 4.71. The molecule has 0 bridgehead atoms. The molecule has 0 aliphatic heterocycles. The average Bonchev–Trinajstić information content (AvgIpc) is 3.18. The van der Waals surface area contributed by atoms with Crippen LogP contribution in [0.5, 0.6) is 0 Å². The van der Waals surface area contributed by atoms with E-state index in [9.17, 15) is 9.18 Å². The predicted octanol–water partition coefficient (Wildman–Crippen LogP) is 2.35. The fourth-order valence-electron chi connectivity index (χ4n) is 1.94. The highest BCUT2D eigenvalue weighted by Crippen LogP contribution is 2.29.